The van der Waals surface area contributed by atoms with Crippen molar-refractivity contribution in [3.63, 3.8) is 0 Å². The van der Waals surface area contributed by atoms with E-state index in [4.69, 9.17) is 5.26 Å². The standard InChI is InChI=1S/C5H8N2O/c1-5(3-4-6)7-8-2/h3H2,1-2H3/b7-5+. The zero-order valence-electron chi connectivity index (χ0n) is 5.01. The molecule has 44 valence electrons. The third-order valence-corrected chi connectivity index (χ3v) is 0.582. The maximum Gasteiger partial charge on any atom is 0.106 e. The molecule has 0 aliphatic rings. The molecule has 0 saturated carbocycles. The van der Waals surface area contributed by atoms with E-state index in [1.807, 2.05) is 6.07 Å². The van der Waals surface area contributed by atoms with Gasteiger partial charge in [0, 0.05) is 0 Å². The van der Waals surface area contributed by atoms with Crippen molar-refractivity contribution in [3.05, 3.63) is 0 Å². The molecule has 0 rings (SSSR count). The number of oxime groups is 1. The molecule has 0 amide bonds. The molecule has 0 N–H and O–H groups in total. The second-order valence-corrected chi connectivity index (χ2v) is 1.34. The van der Waals surface area contributed by atoms with Gasteiger partial charge in [0.05, 0.1) is 18.2 Å². The molecular weight excluding hydrogens is 104 g/mol. The van der Waals surface area contributed by atoms with E-state index >= 15 is 0 Å². The van der Waals surface area contributed by atoms with Gasteiger partial charge in [-0.25, -0.2) is 0 Å². The highest BCUT2D eigenvalue weighted by Crippen LogP contribution is 1.82. The number of hydrogen-bond donors (Lipinski definition) is 0. The Balaban J connectivity index is 3.49. The monoisotopic (exact) mass is 112 g/mol. The van der Waals surface area contributed by atoms with Crippen molar-refractivity contribution in [1.82, 2.24) is 0 Å². The van der Waals surface area contributed by atoms with Gasteiger partial charge in [0.15, 0.2) is 0 Å². The fraction of sp³-hybridized carbons (Fsp3) is 0.600. The summed E-state index contributed by atoms with van der Waals surface area (Å²) in [4.78, 5) is 4.39. The largest absolute Gasteiger partial charge is 0.399 e. The summed E-state index contributed by atoms with van der Waals surface area (Å²) in [7, 11) is 1.46. The lowest BCUT2D eigenvalue weighted by molar-refractivity contribution is 0.212. The van der Waals surface area contributed by atoms with Crippen LogP contribution in [0.4, 0.5) is 0 Å². The average molecular weight is 112 g/mol. The van der Waals surface area contributed by atoms with Gasteiger partial charge in [-0.3, -0.25) is 0 Å². The van der Waals surface area contributed by atoms with Crippen LogP contribution < -0.4 is 0 Å². The van der Waals surface area contributed by atoms with Crippen LogP contribution in [0.1, 0.15) is 13.3 Å². The Labute approximate surface area is 48.6 Å². The van der Waals surface area contributed by atoms with Crippen molar-refractivity contribution in [1.29, 1.82) is 5.26 Å². The SMILES string of the molecule is CO/N=C(\C)CC#N. The zero-order valence-corrected chi connectivity index (χ0v) is 5.01. The van der Waals surface area contributed by atoms with Crippen molar-refractivity contribution in [2.75, 3.05) is 7.11 Å². The molecule has 0 atom stereocenters. The van der Waals surface area contributed by atoms with Crippen molar-refractivity contribution in [3.8, 4) is 6.07 Å². The van der Waals surface area contributed by atoms with Gasteiger partial charge in [0.25, 0.3) is 0 Å². The molecule has 0 bridgehead atoms. The van der Waals surface area contributed by atoms with Crippen LogP contribution in [0.5, 0.6) is 0 Å². The first-order valence-electron chi connectivity index (χ1n) is 2.25. The highest BCUT2D eigenvalue weighted by atomic mass is 16.6. The highest BCUT2D eigenvalue weighted by Gasteiger charge is 1.85. The van der Waals surface area contributed by atoms with Gasteiger partial charge >= 0.3 is 0 Å². The molecule has 0 unspecified atom stereocenters. The van der Waals surface area contributed by atoms with Gasteiger partial charge in [0.2, 0.25) is 0 Å². The first kappa shape index (κ1) is 6.96. The second-order valence-electron chi connectivity index (χ2n) is 1.34. The molecule has 0 heterocycles. The number of hydrogen-bond acceptors (Lipinski definition) is 3. The van der Waals surface area contributed by atoms with Gasteiger partial charge in [-0.15, -0.1) is 0 Å². The molecule has 0 aromatic rings. The molecular formula is C5H8N2O. The Morgan fingerprint density at radius 3 is 2.88 bits per heavy atom. The Morgan fingerprint density at radius 1 is 1.88 bits per heavy atom. The normalized spacial score (nSPS) is 10.4. The van der Waals surface area contributed by atoms with E-state index in [2.05, 4.69) is 9.99 Å². The first-order chi connectivity index (χ1) is 3.81. The molecule has 0 aromatic heterocycles. The van der Waals surface area contributed by atoms with E-state index in [1.165, 1.54) is 7.11 Å². The van der Waals surface area contributed by atoms with Gasteiger partial charge in [0.1, 0.15) is 7.11 Å². The fourth-order valence-electron chi connectivity index (χ4n) is 0.303. The summed E-state index contributed by atoms with van der Waals surface area (Å²) >= 11 is 0. The van der Waals surface area contributed by atoms with E-state index in [-0.39, 0.29) is 0 Å². The molecule has 3 nitrogen and oxygen atoms in total. The molecule has 3 heteroatoms. The summed E-state index contributed by atoms with van der Waals surface area (Å²) in [6.07, 6.45) is 0.341. The van der Waals surface area contributed by atoms with Gasteiger partial charge in [-0.2, -0.15) is 5.26 Å². The van der Waals surface area contributed by atoms with Crippen LogP contribution in [-0.4, -0.2) is 12.8 Å². The summed E-state index contributed by atoms with van der Waals surface area (Å²) in [5.41, 5.74) is 0.704. The fourth-order valence-corrected chi connectivity index (χ4v) is 0.303. The van der Waals surface area contributed by atoms with Crippen molar-refractivity contribution < 1.29 is 4.84 Å². The molecule has 0 spiro atoms. The number of nitrogens with zero attached hydrogens (tertiary/aromatic N) is 2. The lowest BCUT2D eigenvalue weighted by Crippen LogP contribution is -1.88. The average Bonchev–Trinajstić information content (AvgIpc) is 1.68. The van der Waals surface area contributed by atoms with Gasteiger partial charge in [-0.1, -0.05) is 5.16 Å². The predicted molar refractivity (Wildman–Crippen MR) is 30.3 cm³/mol. The van der Waals surface area contributed by atoms with Crippen LogP contribution in [0, 0.1) is 11.3 Å². The van der Waals surface area contributed by atoms with Crippen molar-refractivity contribution in [2.24, 2.45) is 5.16 Å². The van der Waals surface area contributed by atoms with E-state index in [0.29, 0.717) is 12.1 Å². The van der Waals surface area contributed by atoms with Crippen LogP contribution in [0.15, 0.2) is 5.16 Å². The third-order valence-electron chi connectivity index (χ3n) is 0.582. The number of rotatable bonds is 2. The van der Waals surface area contributed by atoms with Crippen LogP contribution in [0.25, 0.3) is 0 Å². The molecule has 0 fully saturated rings. The lowest BCUT2D eigenvalue weighted by atomic mass is 10.3. The minimum absolute atomic E-state index is 0.341. The van der Waals surface area contributed by atoms with Crippen LogP contribution in [0.2, 0.25) is 0 Å². The highest BCUT2D eigenvalue weighted by molar-refractivity contribution is 5.83. The minimum atomic E-state index is 0.341. The zero-order chi connectivity index (χ0) is 6.41. The van der Waals surface area contributed by atoms with Crippen LogP contribution in [0.3, 0.4) is 0 Å². The van der Waals surface area contributed by atoms with E-state index in [0.717, 1.165) is 0 Å². The Kier molecular flexibility index (Phi) is 3.59. The summed E-state index contributed by atoms with van der Waals surface area (Å²) in [5, 5.41) is 11.6. The Hall–Kier alpha value is -1.04. The Morgan fingerprint density at radius 2 is 2.50 bits per heavy atom. The third kappa shape index (κ3) is 3.16. The van der Waals surface area contributed by atoms with Crippen LogP contribution in [-0.2, 0) is 4.84 Å². The van der Waals surface area contributed by atoms with E-state index in [1.54, 1.807) is 6.92 Å². The van der Waals surface area contributed by atoms with E-state index in [9.17, 15) is 0 Å². The maximum absolute atomic E-state index is 8.08. The van der Waals surface area contributed by atoms with Gasteiger partial charge < -0.3 is 4.84 Å². The summed E-state index contributed by atoms with van der Waals surface area (Å²) in [6.45, 7) is 1.74. The second kappa shape index (κ2) is 4.13. The molecule has 8 heavy (non-hydrogen) atoms. The predicted octanol–water partition coefficient (Wildman–Crippen LogP) is 0.922. The van der Waals surface area contributed by atoms with Gasteiger partial charge in [-0.05, 0) is 6.92 Å². The topological polar surface area (TPSA) is 45.4 Å². The van der Waals surface area contributed by atoms with Crippen molar-refractivity contribution >= 4 is 5.71 Å². The lowest BCUT2D eigenvalue weighted by Gasteiger charge is -1.87. The minimum Gasteiger partial charge on any atom is -0.399 e. The van der Waals surface area contributed by atoms with E-state index < -0.39 is 0 Å². The quantitative estimate of drug-likeness (QED) is 0.394. The van der Waals surface area contributed by atoms with Crippen molar-refractivity contribution in [2.45, 2.75) is 13.3 Å². The molecule has 0 radical (unpaired) electrons. The molecule has 0 saturated heterocycles. The smallest absolute Gasteiger partial charge is 0.106 e. The molecule has 0 aliphatic heterocycles. The molecule has 0 aromatic carbocycles. The number of nitriles is 1. The first-order valence-corrected chi connectivity index (χ1v) is 2.25. The summed E-state index contributed by atoms with van der Waals surface area (Å²) < 4.78 is 0. The Bertz CT molecular complexity index is 123. The summed E-state index contributed by atoms with van der Waals surface area (Å²) in [6, 6.07) is 1.94. The van der Waals surface area contributed by atoms with Crippen LogP contribution >= 0.6 is 0 Å². The maximum atomic E-state index is 8.08. The summed E-state index contributed by atoms with van der Waals surface area (Å²) in [5.74, 6) is 0. The molecule has 0 aliphatic carbocycles.